The van der Waals surface area contributed by atoms with Gasteiger partial charge in [-0.1, -0.05) is 54.6 Å². The minimum atomic E-state index is -0.485. The summed E-state index contributed by atoms with van der Waals surface area (Å²) < 4.78 is 11.6. The fourth-order valence-electron chi connectivity index (χ4n) is 4.38. The van der Waals surface area contributed by atoms with Crippen LogP contribution >= 0.6 is 0 Å². The number of hydrogen-bond acceptors (Lipinski definition) is 3. The Bertz CT molecular complexity index is 783. The van der Waals surface area contributed by atoms with E-state index in [1.807, 2.05) is 36.2 Å². The number of nitrogens with zero attached hydrogens (tertiary/aromatic N) is 1. The van der Waals surface area contributed by atoms with Gasteiger partial charge in [0.2, 0.25) is 5.91 Å². The number of likely N-dealkylation sites (N-methyl/N-ethyl adjacent to an activating group) is 1. The molecule has 2 aromatic rings. The van der Waals surface area contributed by atoms with Crippen LogP contribution in [0.5, 0.6) is 0 Å². The standard InChI is InChI=1S/C23H27NO3/c1-24(16-21-15-18-7-5-6-8-19(18)17-27-21)22(25)23(11-13-26-14-12-23)20-9-3-2-4-10-20/h2-10,21H,11-17H2,1H3. The van der Waals surface area contributed by atoms with Gasteiger partial charge in [-0.05, 0) is 29.5 Å². The van der Waals surface area contributed by atoms with Crippen LogP contribution in [0.3, 0.4) is 0 Å². The number of carbonyl (C=O) groups excluding carboxylic acids is 1. The Kier molecular flexibility index (Phi) is 5.28. The van der Waals surface area contributed by atoms with E-state index in [0.717, 1.165) is 24.8 Å². The van der Waals surface area contributed by atoms with Gasteiger partial charge in [0.15, 0.2) is 0 Å². The number of benzene rings is 2. The molecule has 1 unspecified atom stereocenters. The molecule has 2 aliphatic heterocycles. The number of amides is 1. The average molecular weight is 365 g/mol. The third kappa shape index (κ3) is 3.64. The normalized spacial score (nSPS) is 21.3. The number of rotatable bonds is 4. The van der Waals surface area contributed by atoms with Gasteiger partial charge in [-0.25, -0.2) is 0 Å². The van der Waals surface area contributed by atoms with Crippen LogP contribution in [-0.4, -0.2) is 43.7 Å². The van der Waals surface area contributed by atoms with Gasteiger partial charge in [-0.3, -0.25) is 4.79 Å². The summed E-state index contributed by atoms with van der Waals surface area (Å²) in [6.45, 7) is 2.49. The van der Waals surface area contributed by atoms with Crippen LogP contribution in [0.4, 0.5) is 0 Å². The molecule has 27 heavy (non-hydrogen) atoms. The van der Waals surface area contributed by atoms with Gasteiger partial charge in [0.25, 0.3) is 0 Å². The van der Waals surface area contributed by atoms with Gasteiger partial charge < -0.3 is 14.4 Å². The lowest BCUT2D eigenvalue weighted by molar-refractivity contribution is -0.142. The molecule has 2 aromatic carbocycles. The van der Waals surface area contributed by atoms with Crippen molar-refractivity contribution in [3.05, 3.63) is 71.3 Å². The van der Waals surface area contributed by atoms with Gasteiger partial charge >= 0.3 is 0 Å². The van der Waals surface area contributed by atoms with Crippen LogP contribution in [0.25, 0.3) is 0 Å². The van der Waals surface area contributed by atoms with Crippen molar-refractivity contribution in [3.63, 3.8) is 0 Å². The maximum absolute atomic E-state index is 13.6. The summed E-state index contributed by atoms with van der Waals surface area (Å²) in [5, 5.41) is 0. The predicted octanol–water partition coefficient (Wildman–Crippen LogP) is 3.33. The number of carbonyl (C=O) groups is 1. The molecule has 0 radical (unpaired) electrons. The molecule has 4 heteroatoms. The highest BCUT2D eigenvalue weighted by Crippen LogP contribution is 2.36. The molecule has 2 heterocycles. The lowest BCUT2D eigenvalue weighted by atomic mass is 9.73. The minimum absolute atomic E-state index is 0.0431. The monoisotopic (exact) mass is 365 g/mol. The maximum Gasteiger partial charge on any atom is 0.233 e. The molecule has 0 aromatic heterocycles. The quantitative estimate of drug-likeness (QED) is 0.834. The topological polar surface area (TPSA) is 38.8 Å². The Balaban J connectivity index is 1.50. The molecule has 1 fully saturated rings. The summed E-state index contributed by atoms with van der Waals surface area (Å²) in [5.74, 6) is 0.180. The molecule has 0 spiro atoms. The fourth-order valence-corrected chi connectivity index (χ4v) is 4.38. The zero-order valence-corrected chi connectivity index (χ0v) is 15.9. The molecule has 0 saturated carbocycles. The van der Waals surface area contributed by atoms with Crippen molar-refractivity contribution in [2.24, 2.45) is 0 Å². The SMILES string of the molecule is CN(CC1Cc2ccccc2CO1)C(=O)C1(c2ccccc2)CCOCC1. The highest BCUT2D eigenvalue weighted by Gasteiger charge is 2.43. The highest BCUT2D eigenvalue weighted by molar-refractivity contribution is 5.88. The molecule has 0 bridgehead atoms. The first-order valence-electron chi connectivity index (χ1n) is 9.76. The third-order valence-electron chi connectivity index (χ3n) is 5.95. The molecule has 2 aliphatic rings. The molecule has 0 aliphatic carbocycles. The second kappa shape index (κ2) is 7.83. The summed E-state index contributed by atoms with van der Waals surface area (Å²) in [4.78, 5) is 15.4. The first-order chi connectivity index (χ1) is 13.2. The zero-order valence-electron chi connectivity index (χ0n) is 15.9. The van der Waals surface area contributed by atoms with E-state index in [-0.39, 0.29) is 12.0 Å². The van der Waals surface area contributed by atoms with Gasteiger partial charge in [-0.2, -0.15) is 0 Å². The minimum Gasteiger partial charge on any atom is -0.381 e. The molecule has 1 atom stereocenters. The Morgan fingerprint density at radius 3 is 2.44 bits per heavy atom. The maximum atomic E-state index is 13.6. The zero-order chi connectivity index (χ0) is 18.7. The molecule has 4 nitrogen and oxygen atoms in total. The van der Waals surface area contributed by atoms with Crippen molar-refractivity contribution in [3.8, 4) is 0 Å². The summed E-state index contributed by atoms with van der Waals surface area (Å²) in [7, 11) is 1.91. The molecule has 1 amide bonds. The molecule has 142 valence electrons. The van der Waals surface area contributed by atoms with Crippen molar-refractivity contribution in [1.82, 2.24) is 4.90 Å². The highest BCUT2D eigenvalue weighted by atomic mass is 16.5. The van der Waals surface area contributed by atoms with Gasteiger partial charge in [0.05, 0.1) is 18.1 Å². The van der Waals surface area contributed by atoms with E-state index >= 15 is 0 Å². The first kappa shape index (κ1) is 18.2. The number of ether oxygens (including phenoxy) is 2. The van der Waals surface area contributed by atoms with Crippen LogP contribution in [0, 0.1) is 0 Å². The Hall–Kier alpha value is -2.17. The van der Waals surface area contributed by atoms with Crippen LogP contribution in [0.1, 0.15) is 29.5 Å². The van der Waals surface area contributed by atoms with E-state index in [0.29, 0.717) is 26.4 Å². The second-order valence-corrected chi connectivity index (χ2v) is 7.65. The smallest absolute Gasteiger partial charge is 0.233 e. The van der Waals surface area contributed by atoms with E-state index in [9.17, 15) is 4.79 Å². The lowest BCUT2D eigenvalue weighted by Crippen LogP contribution is -2.51. The van der Waals surface area contributed by atoms with Crippen LogP contribution in [0.2, 0.25) is 0 Å². The fraction of sp³-hybridized carbons (Fsp3) is 0.435. The van der Waals surface area contributed by atoms with Crippen molar-refractivity contribution >= 4 is 5.91 Å². The average Bonchev–Trinajstić information content (AvgIpc) is 2.74. The molecule has 4 rings (SSSR count). The number of fused-ring (bicyclic) bond motifs is 1. The summed E-state index contributed by atoms with van der Waals surface area (Å²) in [6.07, 6.45) is 2.36. The van der Waals surface area contributed by atoms with Crippen molar-refractivity contribution in [2.45, 2.75) is 37.4 Å². The van der Waals surface area contributed by atoms with E-state index in [1.165, 1.54) is 11.1 Å². The molecular formula is C23H27NO3. The summed E-state index contributed by atoms with van der Waals surface area (Å²) in [5.41, 5.74) is 3.20. The molecular weight excluding hydrogens is 338 g/mol. The second-order valence-electron chi connectivity index (χ2n) is 7.65. The summed E-state index contributed by atoms with van der Waals surface area (Å²) in [6, 6.07) is 18.6. The van der Waals surface area contributed by atoms with E-state index in [2.05, 4.69) is 30.3 Å². The van der Waals surface area contributed by atoms with Crippen LogP contribution in [0.15, 0.2) is 54.6 Å². The Morgan fingerprint density at radius 1 is 1.04 bits per heavy atom. The van der Waals surface area contributed by atoms with Gasteiger partial charge in [0.1, 0.15) is 0 Å². The van der Waals surface area contributed by atoms with Gasteiger partial charge in [0, 0.05) is 33.2 Å². The van der Waals surface area contributed by atoms with Crippen molar-refractivity contribution in [2.75, 3.05) is 26.8 Å². The van der Waals surface area contributed by atoms with E-state index in [1.54, 1.807) is 0 Å². The lowest BCUT2D eigenvalue weighted by Gasteiger charge is -2.40. The third-order valence-corrected chi connectivity index (χ3v) is 5.95. The van der Waals surface area contributed by atoms with Crippen LogP contribution in [-0.2, 0) is 32.7 Å². The first-order valence-corrected chi connectivity index (χ1v) is 9.76. The molecule has 1 saturated heterocycles. The van der Waals surface area contributed by atoms with E-state index < -0.39 is 5.41 Å². The van der Waals surface area contributed by atoms with Gasteiger partial charge in [-0.15, -0.1) is 0 Å². The Morgan fingerprint density at radius 2 is 1.70 bits per heavy atom. The van der Waals surface area contributed by atoms with E-state index in [4.69, 9.17) is 9.47 Å². The summed E-state index contributed by atoms with van der Waals surface area (Å²) >= 11 is 0. The number of hydrogen-bond donors (Lipinski definition) is 0. The van der Waals surface area contributed by atoms with Crippen LogP contribution < -0.4 is 0 Å². The Labute approximate surface area is 161 Å². The van der Waals surface area contributed by atoms with Crippen molar-refractivity contribution < 1.29 is 14.3 Å². The molecule has 0 N–H and O–H groups in total. The largest absolute Gasteiger partial charge is 0.381 e. The predicted molar refractivity (Wildman–Crippen MR) is 105 cm³/mol. The van der Waals surface area contributed by atoms with Crippen molar-refractivity contribution in [1.29, 1.82) is 0 Å².